The van der Waals surface area contributed by atoms with Crippen LogP contribution < -0.4 is 5.69 Å². The van der Waals surface area contributed by atoms with Crippen molar-refractivity contribution >= 4 is 34.4 Å². The van der Waals surface area contributed by atoms with Crippen LogP contribution in [0.3, 0.4) is 0 Å². The summed E-state index contributed by atoms with van der Waals surface area (Å²) in [6.07, 6.45) is 3.42. The van der Waals surface area contributed by atoms with E-state index in [0.717, 1.165) is 3.57 Å². The van der Waals surface area contributed by atoms with Crippen LogP contribution in [0.25, 0.3) is 0 Å². The van der Waals surface area contributed by atoms with Gasteiger partial charge in [-0.25, -0.2) is 19.9 Å². The Morgan fingerprint density at radius 3 is 2.67 bits per heavy atom. The topological polar surface area (TPSA) is 76.5 Å². The lowest BCUT2D eigenvalue weighted by atomic mass is 10.7. The molecule has 0 bridgehead atoms. The summed E-state index contributed by atoms with van der Waals surface area (Å²) >= 11 is 3.37. The molecule has 0 atom stereocenters. The van der Waals surface area contributed by atoms with Crippen molar-refractivity contribution < 1.29 is 0 Å². The van der Waals surface area contributed by atoms with Crippen molar-refractivity contribution in [2.24, 2.45) is 7.05 Å². The fraction of sp³-hybridized carbons (Fsp3) is 0.143. The number of hydrogen-bond acceptors (Lipinski definition) is 5. The van der Waals surface area contributed by atoms with Gasteiger partial charge in [0.05, 0.1) is 0 Å². The van der Waals surface area contributed by atoms with Crippen LogP contribution in [0.4, 0.5) is 0 Å². The van der Waals surface area contributed by atoms with E-state index in [1.54, 1.807) is 19.4 Å². The highest BCUT2D eigenvalue weighted by Gasteiger charge is 2.07. The van der Waals surface area contributed by atoms with Crippen LogP contribution in [0.1, 0.15) is 0 Å². The van der Waals surface area contributed by atoms with E-state index in [9.17, 15) is 4.79 Å². The SMILES string of the molecule is Cn1c(Sc2ncc(I)cn2)n[nH]c1=O. The molecule has 0 aliphatic heterocycles. The van der Waals surface area contributed by atoms with E-state index in [1.165, 1.54) is 16.3 Å². The molecule has 0 unspecified atom stereocenters. The van der Waals surface area contributed by atoms with Crippen molar-refractivity contribution in [2.75, 3.05) is 0 Å². The Bertz CT molecular complexity index is 519. The van der Waals surface area contributed by atoms with Crippen LogP contribution in [-0.2, 0) is 7.05 Å². The summed E-state index contributed by atoms with van der Waals surface area (Å²) in [6, 6.07) is 0. The number of nitrogens with one attached hydrogen (secondary N) is 1. The molecule has 0 saturated carbocycles. The molecule has 2 heterocycles. The lowest BCUT2D eigenvalue weighted by Crippen LogP contribution is -2.12. The second-order valence-electron chi connectivity index (χ2n) is 2.66. The fourth-order valence-corrected chi connectivity index (χ4v) is 1.82. The second kappa shape index (κ2) is 4.31. The van der Waals surface area contributed by atoms with Crippen LogP contribution >= 0.6 is 34.4 Å². The van der Waals surface area contributed by atoms with Gasteiger partial charge in [0.15, 0.2) is 10.3 Å². The van der Waals surface area contributed by atoms with Gasteiger partial charge in [-0.1, -0.05) is 0 Å². The molecule has 78 valence electrons. The number of halogens is 1. The third-order valence-corrected chi connectivity index (χ3v) is 3.12. The van der Waals surface area contributed by atoms with Crippen molar-refractivity contribution in [2.45, 2.75) is 10.3 Å². The van der Waals surface area contributed by atoms with Crippen molar-refractivity contribution in [3.05, 3.63) is 26.4 Å². The normalized spacial score (nSPS) is 10.5. The Morgan fingerprint density at radius 1 is 1.47 bits per heavy atom. The number of rotatable bonds is 2. The fourth-order valence-electron chi connectivity index (χ4n) is 0.859. The van der Waals surface area contributed by atoms with Crippen LogP contribution in [0, 0.1) is 3.57 Å². The molecule has 0 fully saturated rings. The lowest BCUT2D eigenvalue weighted by Gasteiger charge is -1.97. The zero-order valence-corrected chi connectivity index (χ0v) is 10.6. The zero-order valence-electron chi connectivity index (χ0n) is 7.64. The van der Waals surface area contributed by atoms with Crippen molar-refractivity contribution in [1.29, 1.82) is 0 Å². The van der Waals surface area contributed by atoms with Gasteiger partial charge >= 0.3 is 5.69 Å². The number of H-pyrrole nitrogens is 1. The van der Waals surface area contributed by atoms with Gasteiger partial charge in [0, 0.05) is 23.0 Å². The largest absolute Gasteiger partial charge is 0.343 e. The number of hydrogen-bond donors (Lipinski definition) is 1. The molecule has 2 aromatic heterocycles. The minimum atomic E-state index is -0.247. The molecule has 0 saturated heterocycles. The molecule has 0 amide bonds. The van der Waals surface area contributed by atoms with Crippen molar-refractivity contribution in [3.63, 3.8) is 0 Å². The van der Waals surface area contributed by atoms with Crippen LogP contribution in [0.2, 0.25) is 0 Å². The van der Waals surface area contributed by atoms with Crippen LogP contribution in [-0.4, -0.2) is 24.7 Å². The maximum Gasteiger partial charge on any atom is 0.343 e. The highest BCUT2D eigenvalue weighted by Crippen LogP contribution is 2.19. The summed E-state index contributed by atoms with van der Waals surface area (Å²) in [5, 5.41) is 7.30. The summed E-state index contributed by atoms with van der Waals surface area (Å²) in [4.78, 5) is 19.3. The first kappa shape index (κ1) is 10.6. The Labute approximate surface area is 103 Å². The molecule has 0 aromatic carbocycles. The van der Waals surface area contributed by atoms with E-state index >= 15 is 0 Å². The average Bonchev–Trinajstić information content (AvgIpc) is 2.53. The minimum absolute atomic E-state index is 0.247. The molecule has 0 aliphatic carbocycles. The van der Waals surface area contributed by atoms with Gasteiger partial charge in [-0.2, -0.15) is 0 Å². The van der Waals surface area contributed by atoms with Crippen LogP contribution in [0.5, 0.6) is 0 Å². The molecule has 2 aromatic rings. The molecule has 15 heavy (non-hydrogen) atoms. The van der Waals surface area contributed by atoms with E-state index < -0.39 is 0 Å². The monoisotopic (exact) mass is 335 g/mol. The molecular formula is C7H6IN5OS. The Balaban J connectivity index is 2.26. The second-order valence-corrected chi connectivity index (χ2v) is 4.84. The first-order valence-corrected chi connectivity index (χ1v) is 5.83. The smallest absolute Gasteiger partial charge is 0.273 e. The van der Waals surface area contributed by atoms with E-state index in [0.29, 0.717) is 10.3 Å². The molecule has 0 aliphatic rings. The zero-order chi connectivity index (χ0) is 10.8. The van der Waals surface area contributed by atoms with Gasteiger partial charge in [0.25, 0.3) is 0 Å². The van der Waals surface area contributed by atoms with E-state index in [-0.39, 0.29) is 5.69 Å². The average molecular weight is 335 g/mol. The van der Waals surface area contributed by atoms with Crippen molar-refractivity contribution in [1.82, 2.24) is 24.7 Å². The highest BCUT2D eigenvalue weighted by molar-refractivity contribution is 14.1. The molecular weight excluding hydrogens is 329 g/mol. The maximum absolute atomic E-state index is 11.1. The number of nitrogens with zero attached hydrogens (tertiary/aromatic N) is 4. The maximum atomic E-state index is 11.1. The standard InChI is InChI=1S/C7H6IN5OS/c1-13-6(14)11-12-7(13)15-5-9-2-4(8)3-10-5/h2-3H,1H3,(H,11,14). The van der Waals surface area contributed by atoms with E-state index in [1.807, 2.05) is 0 Å². The Hall–Kier alpha value is -0.900. The molecule has 0 radical (unpaired) electrons. The molecule has 1 N–H and O–H groups in total. The molecule has 8 heteroatoms. The van der Waals surface area contributed by atoms with Crippen LogP contribution in [0.15, 0.2) is 27.5 Å². The van der Waals surface area contributed by atoms with E-state index in [4.69, 9.17) is 0 Å². The highest BCUT2D eigenvalue weighted by atomic mass is 127. The summed E-state index contributed by atoms with van der Waals surface area (Å²) in [6.45, 7) is 0. The number of aromatic amines is 1. The van der Waals surface area contributed by atoms with Gasteiger partial charge in [0.2, 0.25) is 0 Å². The third kappa shape index (κ3) is 2.37. The van der Waals surface area contributed by atoms with Gasteiger partial charge in [-0.05, 0) is 34.4 Å². The summed E-state index contributed by atoms with van der Waals surface area (Å²) in [5.74, 6) is 0. The Kier molecular flexibility index (Phi) is 3.05. The van der Waals surface area contributed by atoms with Gasteiger partial charge in [-0.15, -0.1) is 5.10 Å². The summed E-state index contributed by atoms with van der Waals surface area (Å²) in [7, 11) is 1.64. The van der Waals surface area contributed by atoms with E-state index in [2.05, 4.69) is 42.8 Å². The molecule has 2 rings (SSSR count). The quantitative estimate of drug-likeness (QED) is 0.644. The molecule has 6 nitrogen and oxygen atoms in total. The van der Waals surface area contributed by atoms with Gasteiger partial charge < -0.3 is 0 Å². The third-order valence-electron chi connectivity index (χ3n) is 1.62. The van der Waals surface area contributed by atoms with Gasteiger partial charge in [0.1, 0.15) is 0 Å². The minimum Gasteiger partial charge on any atom is -0.273 e. The predicted molar refractivity (Wildman–Crippen MR) is 62.7 cm³/mol. The summed E-state index contributed by atoms with van der Waals surface area (Å²) < 4.78 is 2.37. The predicted octanol–water partition coefficient (Wildman–Crippen LogP) is 0.654. The van der Waals surface area contributed by atoms with Crippen molar-refractivity contribution in [3.8, 4) is 0 Å². The first-order valence-electron chi connectivity index (χ1n) is 3.93. The van der Waals surface area contributed by atoms with Gasteiger partial charge in [-0.3, -0.25) is 4.57 Å². The summed E-state index contributed by atoms with van der Waals surface area (Å²) in [5.41, 5.74) is -0.247. The Morgan fingerprint density at radius 2 is 2.13 bits per heavy atom. The first-order chi connectivity index (χ1) is 7.16. The molecule has 0 spiro atoms. The number of aromatic nitrogens is 5. The lowest BCUT2D eigenvalue weighted by molar-refractivity contribution is 0.762.